The molecular weight excluding hydrogens is 268 g/mol. The summed E-state index contributed by atoms with van der Waals surface area (Å²) in [4.78, 5) is 11.4. The highest BCUT2D eigenvalue weighted by Crippen LogP contribution is 2.23. The number of ether oxygens (including phenoxy) is 1. The molecule has 0 bridgehead atoms. The second-order valence-electron chi connectivity index (χ2n) is 5.92. The zero-order chi connectivity index (χ0) is 12.8. The number of unbranched alkanes of at least 4 members (excludes halogenated alkanes) is 2. The van der Waals surface area contributed by atoms with Crippen molar-refractivity contribution in [1.82, 2.24) is 0 Å². The molecule has 0 radical (unpaired) electrons. The Labute approximate surface area is 108 Å². The van der Waals surface area contributed by atoms with Gasteiger partial charge in [-0.05, 0) is 33.6 Å². The minimum Gasteiger partial charge on any atom is -0.465 e. The van der Waals surface area contributed by atoms with E-state index in [1.54, 1.807) is 0 Å². The van der Waals surface area contributed by atoms with Crippen LogP contribution in [0.2, 0.25) is 0 Å². The molecule has 0 rings (SSSR count). The van der Waals surface area contributed by atoms with Gasteiger partial charge < -0.3 is 4.74 Å². The summed E-state index contributed by atoms with van der Waals surface area (Å²) in [5, 5.41) is 0. The summed E-state index contributed by atoms with van der Waals surface area (Å²) in [6, 6.07) is 0. The minimum atomic E-state index is -0.377. The molecule has 0 saturated heterocycles. The van der Waals surface area contributed by atoms with E-state index in [-0.39, 0.29) is 15.7 Å². The number of rotatable bonds is 6. The van der Waals surface area contributed by atoms with Gasteiger partial charge in [0.15, 0.2) is 0 Å². The second-order valence-corrected chi connectivity index (χ2v) is 8.06. The molecule has 0 aromatic carbocycles. The van der Waals surface area contributed by atoms with Crippen molar-refractivity contribution in [2.75, 3.05) is 6.61 Å². The minimum absolute atomic E-state index is 0.103. The second kappa shape index (κ2) is 6.63. The standard InChI is InChI=1S/C13H25BrO2/c1-12(2,3)11(15)16-10-8-6-7-9-13(4,5)14/h6-10H2,1-5H3. The van der Waals surface area contributed by atoms with Gasteiger partial charge in [-0.25, -0.2) is 0 Å². The van der Waals surface area contributed by atoms with Gasteiger partial charge in [-0.15, -0.1) is 0 Å². The average Bonchev–Trinajstić information content (AvgIpc) is 2.07. The molecule has 0 aromatic heterocycles. The Hall–Kier alpha value is -0.0500. The summed E-state index contributed by atoms with van der Waals surface area (Å²) in [7, 11) is 0. The van der Waals surface area contributed by atoms with E-state index in [2.05, 4.69) is 29.8 Å². The fourth-order valence-corrected chi connectivity index (χ4v) is 1.49. The van der Waals surface area contributed by atoms with Gasteiger partial charge in [0, 0.05) is 4.32 Å². The molecule has 96 valence electrons. The SMILES string of the molecule is CC(C)(Br)CCCCCOC(=O)C(C)(C)C. The van der Waals surface area contributed by atoms with Gasteiger partial charge in [0.05, 0.1) is 12.0 Å². The van der Waals surface area contributed by atoms with Gasteiger partial charge in [0.25, 0.3) is 0 Å². The Bertz CT molecular complexity index is 211. The third-order valence-electron chi connectivity index (χ3n) is 2.26. The van der Waals surface area contributed by atoms with E-state index in [0.717, 1.165) is 19.3 Å². The molecule has 0 saturated carbocycles. The van der Waals surface area contributed by atoms with Crippen LogP contribution in [0.25, 0.3) is 0 Å². The number of hydrogen-bond donors (Lipinski definition) is 0. The Balaban J connectivity index is 3.45. The Morgan fingerprint density at radius 3 is 2.06 bits per heavy atom. The molecule has 3 heteroatoms. The van der Waals surface area contributed by atoms with E-state index in [9.17, 15) is 4.79 Å². The van der Waals surface area contributed by atoms with Crippen molar-refractivity contribution in [2.45, 2.75) is 64.6 Å². The van der Waals surface area contributed by atoms with Crippen LogP contribution in [-0.2, 0) is 9.53 Å². The maximum atomic E-state index is 11.4. The monoisotopic (exact) mass is 292 g/mol. The van der Waals surface area contributed by atoms with E-state index in [1.807, 2.05) is 20.8 Å². The Morgan fingerprint density at radius 1 is 1.06 bits per heavy atom. The molecule has 2 nitrogen and oxygen atoms in total. The first-order valence-corrected chi connectivity index (χ1v) is 6.78. The third-order valence-corrected chi connectivity index (χ3v) is 2.66. The fourth-order valence-electron chi connectivity index (χ4n) is 1.21. The van der Waals surface area contributed by atoms with Crippen LogP contribution in [0.1, 0.15) is 60.3 Å². The van der Waals surface area contributed by atoms with E-state index in [1.165, 1.54) is 6.42 Å². The number of halogens is 1. The Morgan fingerprint density at radius 2 is 1.62 bits per heavy atom. The third kappa shape index (κ3) is 9.20. The molecule has 0 N–H and O–H groups in total. The Kier molecular flexibility index (Phi) is 6.61. The van der Waals surface area contributed by atoms with Crippen LogP contribution in [-0.4, -0.2) is 16.9 Å². The molecule has 0 aliphatic carbocycles. The lowest BCUT2D eigenvalue weighted by molar-refractivity contribution is -0.153. The number of alkyl halides is 1. The smallest absolute Gasteiger partial charge is 0.311 e. The largest absolute Gasteiger partial charge is 0.465 e. The molecule has 0 aliphatic heterocycles. The van der Waals surface area contributed by atoms with Gasteiger partial charge in [-0.3, -0.25) is 4.79 Å². The summed E-state index contributed by atoms with van der Waals surface area (Å²) in [5.41, 5.74) is -0.377. The van der Waals surface area contributed by atoms with Crippen molar-refractivity contribution in [3.63, 3.8) is 0 Å². The van der Waals surface area contributed by atoms with Crippen molar-refractivity contribution in [3.05, 3.63) is 0 Å². The predicted octanol–water partition coefficient (Wildman–Crippen LogP) is 4.31. The average molecular weight is 293 g/mol. The molecule has 0 amide bonds. The van der Waals surface area contributed by atoms with Crippen molar-refractivity contribution < 1.29 is 9.53 Å². The molecule has 0 heterocycles. The number of esters is 1. The molecule has 0 atom stereocenters. The molecule has 16 heavy (non-hydrogen) atoms. The topological polar surface area (TPSA) is 26.3 Å². The molecule has 0 aromatic rings. The first-order chi connectivity index (χ1) is 7.13. The number of carbonyl (C=O) groups excluding carboxylic acids is 1. The van der Waals surface area contributed by atoms with E-state index < -0.39 is 0 Å². The summed E-state index contributed by atoms with van der Waals surface area (Å²) < 4.78 is 5.42. The van der Waals surface area contributed by atoms with E-state index in [0.29, 0.717) is 6.61 Å². The normalized spacial score (nSPS) is 12.6. The van der Waals surface area contributed by atoms with Gasteiger partial charge in [0.1, 0.15) is 0 Å². The van der Waals surface area contributed by atoms with E-state index >= 15 is 0 Å². The molecule has 0 fully saturated rings. The molecule has 0 unspecified atom stereocenters. The summed E-state index contributed by atoms with van der Waals surface area (Å²) in [6.07, 6.45) is 4.41. The van der Waals surface area contributed by atoms with Crippen LogP contribution >= 0.6 is 15.9 Å². The zero-order valence-corrected chi connectivity index (χ0v) is 12.8. The highest BCUT2D eigenvalue weighted by Gasteiger charge is 2.22. The van der Waals surface area contributed by atoms with Crippen molar-refractivity contribution >= 4 is 21.9 Å². The van der Waals surface area contributed by atoms with Gasteiger partial charge in [0.2, 0.25) is 0 Å². The first kappa shape index (κ1) is 16.0. The van der Waals surface area contributed by atoms with Crippen LogP contribution in [0.3, 0.4) is 0 Å². The van der Waals surface area contributed by atoms with Crippen LogP contribution < -0.4 is 0 Å². The lowest BCUT2D eigenvalue weighted by Gasteiger charge is -2.17. The van der Waals surface area contributed by atoms with Gasteiger partial charge in [-0.1, -0.05) is 42.6 Å². The summed E-state index contributed by atoms with van der Waals surface area (Å²) in [5.74, 6) is -0.103. The predicted molar refractivity (Wildman–Crippen MR) is 71.9 cm³/mol. The van der Waals surface area contributed by atoms with Crippen LogP contribution in [0.5, 0.6) is 0 Å². The highest BCUT2D eigenvalue weighted by atomic mass is 79.9. The van der Waals surface area contributed by atoms with Crippen LogP contribution in [0.15, 0.2) is 0 Å². The number of carbonyl (C=O) groups is 1. The van der Waals surface area contributed by atoms with Gasteiger partial charge >= 0.3 is 5.97 Å². The van der Waals surface area contributed by atoms with Crippen LogP contribution in [0.4, 0.5) is 0 Å². The number of hydrogen-bond acceptors (Lipinski definition) is 2. The van der Waals surface area contributed by atoms with Crippen molar-refractivity contribution in [3.8, 4) is 0 Å². The summed E-state index contributed by atoms with van der Waals surface area (Å²) in [6.45, 7) is 10.5. The molecule has 0 aliphatic rings. The highest BCUT2D eigenvalue weighted by molar-refractivity contribution is 9.10. The molecule has 0 spiro atoms. The van der Waals surface area contributed by atoms with E-state index in [4.69, 9.17) is 4.74 Å². The zero-order valence-electron chi connectivity index (χ0n) is 11.2. The van der Waals surface area contributed by atoms with Gasteiger partial charge in [-0.2, -0.15) is 0 Å². The lowest BCUT2D eigenvalue weighted by Crippen LogP contribution is -2.23. The molecular formula is C13H25BrO2. The van der Waals surface area contributed by atoms with Crippen molar-refractivity contribution in [2.24, 2.45) is 5.41 Å². The van der Waals surface area contributed by atoms with Crippen molar-refractivity contribution in [1.29, 1.82) is 0 Å². The summed E-state index contributed by atoms with van der Waals surface area (Å²) >= 11 is 3.61. The quantitative estimate of drug-likeness (QED) is 0.414. The lowest BCUT2D eigenvalue weighted by atomic mass is 9.97. The fraction of sp³-hybridized carbons (Fsp3) is 0.923. The first-order valence-electron chi connectivity index (χ1n) is 5.99. The maximum absolute atomic E-state index is 11.4. The van der Waals surface area contributed by atoms with Crippen LogP contribution in [0, 0.1) is 5.41 Å². The maximum Gasteiger partial charge on any atom is 0.311 e.